The van der Waals surface area contributed by atoms with Crippen molar-refractivity contribution in [1.82, 2.24) is 0 Å². The van der Waals surface area contributed by atoms with Crippen LogP contribution < -0.4 is 14.9 Å². The summed E-state index contributed by atoms with van der Waals surface area (Å²) in [6.07, 6.45) is -8.16. The van der Waals surface area contributed by atoms with Gasteiger partial charge in [0.1, 0.15) is 54.1 Å². The number of phenols is 1. The van der Waals surface area contributed by atoms with E-state index in [1.54, 1.807) is 0 Å². The second-order valence-electron chi connectivity index (χ2n) is 9.57. The first-order valence-electron chi connectivity index (χ1n) is 12.5. The van der Waals surface area contributed by atoms with Gasteiger partial charge in [-0.25, -0.2) is 4.79 Å². The second kappa shape index (κ2) is 11.0. The minimum absolute atomic E-state index is 0.0227. The maximum atomic E-state index is 12.5. The van der Waals surface area contributed by atoms with Crippen LogP contribution in [0, 0.1) is 0 Å². The van der Waals surface area contributed by atoms with Crippen LogP contribution in [0.4, 0.5) is 0 Å². The van der Waals surface area contributed by atoms with E-state index in [4.69, 9.17) is 27.8 Å². The monoisotopic (exact) mass is 586 g/mol. The third-order valence-electron chi connectivity index (χ3n) is 6.95. The van der Waals surface area contributed by atoms with Crippen LogP contribution >= 0.6 is 0 Å². The number of carboxylic acid groups (broad SMARTS) is 1. The number of benzene rings is 2. The summed E-state index contributed by atoms with van der Waals surface area (Å²) in [6.45, 7) is 0.648. The van der Waals surface area contributed by atoms with Crippen molar-refractivity contribution in [2.24, 2.45) is 0 Å². The van der Waals surface area contributed by atoms with Crippen molar-refractivity contribution in [2.75, 3.05) is 20.8 Å². The Morgan fingerprint density at radius 1 is 0.905 bits per heavy atom. The highest BCUT2D eigenvalue weighted by molar-refractivity contribution is 6.09. The molecule has 0 saturated carbocycles. The van der Waals surface area contributed by atoms with Crippen LogP contribution in [0.1, 0.15) is 29.1 Å². The Bertz CT molecular complexity index is 1730. The second-order valence-corrected chi connectivity index (χ2v) is 9.57. The lowest BCUT2D eigenvalue weighted by molar-refractivity contribution is -0.234. The number of aromatic hydroxyl groups is 1. The zero-order valence-corrected chi connectivity index (χ0v) is 22.4. The number of aliphatic hydroxyl groups is 3. The molecule has 0 bridgehead atoms. The van der Waals surface area contributed by atoms with Crippen molar-refractivity contribution in [1.29, 1.82) is 0 Å². The molecule has 222 valence electrons. The van der Waals surface area contributed by atoms with Gasteiger partial charge in [-0.05, 0) is 18.2 Å². The summed E-state index contributed by atoms with van der Waals surface area (Å²) >= 11 is 0. The van der Waals surface area contributed by atoms with Crippen LogP contribution in [0.25, 0.3) is 33.3 Å². The Labute approximate surface area is 235 Å². The third kappa shape index (κ3) is 4.90. The molecule has 14 heteroatoms. The Morgan fingerprint density at radius 3 is 2.10 bits per heavy atom. The number of phenolic OH excluding ortho intramolecular Hbond substituents is 1. The fourth-order valence-corrected chi connectivity index (χ4v) is 5.00. The molecule has 0 unspecified atom stereocenters. The van der Waals surface area contributed by atoms with E-state index in [1.165, 1.54) is 26.4 Å². The van der Waals surface area contributed by atoms with E-state index >= 15 is 0 Å². The molecular formula is C28H26O14. The van der Waals surface area contributed by atoms with Crippen molar-refractivity contribution in [3.8, 4) is 28.6 Å². The molecule has 42 heavy (non-hydrogen) atoms. The summed E-state index contributed by atoms with van der Waals surface area (Å²) in [5.74, 6) is -3.27. The molecule has 0 radical (unpaired) electrons. The summed E-state index contributed by atoms with van der Waals surface area (Å²) in [7, 11) is 2.59. The number of rotatable bonds is 7. The molecule has 2 aromatic heterocycles. The number of hydrogen-bond acceptors (Lipinski definition) is 13. The van der Waals surface area contributed by atoms with Crippen molar-refractivity contribution >= 4 is 33.9 Å². The molecule has 1 aliphatic rings. The standard InChI is InChI=1S/C28H26O14/c1-10(29)39-9-19-23(32)24(33)25(34)27(42-19)21-13-8-18(28(35)36)40-14-6-12(30)7-15(20(13)14)41-26(21)11-4-16(37-2)22(31)17(5-11)38-3/h4-8,19,23-25,27,31-34H,9H2,1-3H3,(H,35,36)/t19-,23-,24+,25-,27+/m1/s1. The minimum Gasteiger partial charge on any atom is -0.502 e. The minimum atomic E-state index is -1.82. The molecule has 1 saturated heterocycles. The summed E-state index contributed by atoms with van der Waals surface area (Å²) in [4.78, 5) is 36.0. The van der Waals surface area contributed by atoms with E-state index < -0.39 is 60.3 Å². The Kier molecular flexibility index (Phi) is 7.55. The van der Waals surface area contributed by atoms with E-state index in [0.717, 1.165) is 25.1 Å². The number of aliphatic hydroxyl groups excluding tert-OH is 3. The van der Waals surface area contributed by atoms with Gasteiger partial charge < -0.3 is 53.3 Å². The molecule has 5 atom stereocenters. The zero-order valence-electron chi connectivity index (χ0n) is 22.4. The van der Waals surface area contributed by atoms with Crippen molar-refractivity contribution in [3.63, 3.8) is 0 Å². The molecule has 0 amide bonds. The molecule has 5 rings (SSSR count). The Balaban J connectivity index is 1.88. The molecule has 2 aromatic carbocycles. The van der Waals surface area contributed by atoms with E-state index in [1.807, 2.05) is 0 Å². The highest BCUT2D eigenvalue weighted by Crippen LogP contribution is 2.47. The number of carbonyl (C=O) groups is 2. The first kappa shape index (κ1) is 28.9. The molecule has 0 aliphatic carbocycles. The van der Waals surface area contributed by atoms with Crippen LogP contribution in [-0.4, -0.2) is 82.7 Å². The number of esters is 1. The van der Waals surface area contributed by atoms with E-state index in [9.17, 15) is 39.9 Å². The van der Waals surface area contributed by atoms with E-state index in [2.05, 4.69) is 0 Å². The Morgan fingerprint density at radius 2 is 1.52 bits per heavy atom. The SMILES string of the molecule is COc1cc(-c2oc3cc(=O)cc4oc(C(=O)O)cc(c2[C@@H]2O[C@H](COC(C)=O)[C@@H](O)[C@H](O)[C@H]2O)c43)cc(OC)c1O. The quantitative estimate of drug-likeness (QED) is 0.195. The molecule has 0 spiro atoms. The smallest absolute Gasteiger partial charge is 0.371 e. The van der Waals surface area contributed by atoms with E-state index in [0.29, 0.717) is 0 Å². The molecule has 14 nitrogen and oxygen atoms in total. The normalized spacial score (nSPS) is 22.3. The molecule has 4 aromatic rings. The van der Waals surface area contributed by atoms with Crippen LogP contribution in [0.2, 0.25) is 0 Å². The molecule has 3 heterocycles. The van der Waals surface area contributed by atoms with Gasteiger partial charge >= 0.3 is 11.9 Å². The lowest BCUT2D eigenvalue weighted by Gasteiger charge is -2.41. The van der Waals surface area contributed by atoms with Crippen LogP contribution in [0.3, 0.4) is 0 Å². The number of aromatic carboxylic acids is 1. The maximum Gasteiger partial charge on any atom is 0.371 e. The highest BCUT2D eigenvalue weighted by atomic mass is 16.6. The highest BCUT2D eigenvalue weighted by Gasteiger charge is 2.46. The van der Waals surface area contributed by atoms with Gasteiger partial charge in [0, 0.05) is 35.6 Å². The van der Waals surface area contributed by atoms with Gasteiger partial charge in [0.05, 0.1) is 19.6 Å². The van der Waals surface area contributed by atoms with Crippen LogP contribution in [-0.2, 0) is 14.3 Å². The molecule has 5 N–H and O–H groups in total. The average molecular weight is 587 g/mol. The van der Waals surface area contributed by atoms with Gasteiger partial charge in [0.25, 0.3) is 0 Å². The number of ether oxygens (including phenoxy) is 4. The first-order valence-corrected chi connectivity index (χ1v) is 12.5. The first-order chi connectivity index (χ1) is 19.9. The van der Waals surface area contributed by atoms with Gasteiger partial charge in [-0.1, -0.05) is 0 Å². The maximum absolute atomic E-state index is 12.5. The van der Waals surface area contributed by atoms with Gasteiger partial charge in [-0.15, -0.1) is 0 Å². The average Bonchev–Trinajstić information content (AvgIpc) is 2.95. The number of carboxylic acids is 1. The van der Waals surface area contributed by atoms with Gasteiger partial charge in [0.15, 0.2) is 16.9 Å². The largest absolute Gasteiger partial charge is 0.502 e. The summed E-state index contributed by atoms with van der Waals surface area (Å²) in [5, 5.41) is 53.1. The predicted molar refractivity (Wildman–Crippen MR) is 142 cm³/mol. The summed E-state index contributed by atoms with van der Waals surface area (Å²) in [6, 6.07) is 6.07. The van der Waals surface area contributed by atoms with Gasteiger partial charge in [0.2, 0.25) is 11.5 Å². The predicted octanol–water partition coefficient (Wildman–Crippen LogP) is 1.71. The fourth-order valence-electron chi connectivity index (χ4n) is 5.00. The van der Waals surface area contributed by atoms with Crippen molar-refractivity contribution < 1.29 is 62.9 Å². The lowest BCUT2D eigenvalue weighted by atomic mass is 9.87. The summed E-state index contributed by atoms with van der Waals surface area (Å²) in [5.41, 5.74) is -0.595. The van der Waals surface area contributed by atoms with Crippen molar-refractivity contribution in [3.05, 3.63) is 51.9 Å². The van der Waals surface area contributed by atoms with Crippen LogP contribution in [0.15, 0.2) is 44.0 Å². The summed E-state index contributed by atoms with van der Waals surface area (Å²) < 4.78 is 33.2. The third-order valence-corrected chi connectivity index (χ3v) is 6.95. The molecule has 1 aliphatic heterocycles. The number of methoxy groups -OCH3 is 2. The zero-order chi connectivity index (χ0) is 30.5. The fraction of sp³-hybridized carbons (Fsp3) is 0.321. The molecular weight excluding hydrogens is 560 g/mol. The lowest BCUT2D eigenvalue weighted by Crippen LogP contribution is -2.55. The number of hydrogen-bond donors (Lipinski definition) is 5. The van der Waals surface area contributed by atoms with Crippen molar-refractivity contribution in [2.45, 2.75) is 37.4 Å². The molecule has 1 fully saturated rings. The van der Waals surface area contributed by atoms with Crippen LogP contribution in [0.5, 0.6) is 17.2 Å². The van der Waals surface area contributed by atoms with E-state index in [-0.39, 0.29) is 56.1 Å². The van der Waals surface area contributed by atoms with Gasteiger partial charge in [-0.3, -0.25) is 9.59 Å². The Hall–Kier alpha value is -4.63. The van der Waals surface area contributed by atoms with Gasteiger partial charge in [-0.2, -0.15) is 0 Å². The number of carbonyl (C=O) groups excluding carboxylic acids is 1. The topological polar surface area (TPSA) is 216 Å².